The number of carbonyl (C=O) groups is 1. The van der Waals surface area contributed by atoms with Crippen molar-refractivity contribution in [3.05, 3.63) is 77.0 Å². The third kappa shape index (κ3) is 4.46. The van der Waals surface area contributed by atoms with E-state index in [1.165, 1.54) is 11.9 Å². The Labute approximate surface area is 202 Å². The van der Waals surface area contributed by atoms with Gasteiger partial charge in [0.15, 0.2) is 0 Å². The Bertz CT molecular complexity index is 1270. The fourth-order valence-electron chi connectivity index (χ4n) is 4.52. The monoisotopic (exact) mass is 479 g/mol. The molecule has 176 valence electrons. The van der Waals surface area contributed by atoms with E-state index in [0.717, 1.165) is 47.3 Å². The van der Waals surface area contributed by atoms with Crippen molar-refractivity contribution < 1.29 is 14.3 Å². The highest BCUT2D eigenvalue weighted by Gasteiger charge is 2.35. The molecule has 9 heteroatoms. The average Bonchev–Trinajstić information content (AvgIpc) is 3.49. The second-order valence-corrected chi connectivity index (χ2v) is 8.62. The predicted octanol–water partition coefficient (Wildman–Crippen LogP) is 4.99. The molecule has 2 aromatic heterocycles. The van der Waals surface area contributed by atoms with E-state index < -0.39 is 0 Å². The highest BCUT2D eigenvalue weighted by molar-refractivity contribution is 6.31. The van der Waals surface area contributed by atoms with Crippen LogP contribution in [0, 0.1) is 0 Å². The van der Waals surface area contributed by atoms with E-state index in [1.54, 1.807) is 15.9 Å². The van der Waals surface area contributed by atoms with Crippen LogP contribution in [-0.4, -0.2) is 50.5 Å². The summed E-state index contributed by atoms with van der Waals surface area (Å²) in [5.41, 5.74) is 4.19. The maximum absolute atomic E-state index is 12.8. The number of halogens is 1. The van der Waals surface area contributed by atoms with Crippen LogP contribution in [0.25, 0.3) is 10.9 Å². The molecule has 5 rings (SSSR count). The molecule has 1 N–H and O–H groups in total. The lowest BCUT2D eigenvalue weighted by Gasteiger charge is -2.35. The first kappa shape index (κ1) is 22.3. The highest BCUT2D eigenvalue weighted by atomic mass is 35.5. The lowest BCUT2D eigenvalue weighted by Crippen LogP contribution is -2.40. The number of carbonyl (C=O) groups excluding carboxylic acids is 1. The Morgan fingerprint density at radius 1 is 1.24 bits per heavy atom. The van der Waals surface area contributed by atoms with Gasteiger partial charge >= 0.3 is 6.09 Å². The van der Waals surface area contributed by atoms with E-state index in [4.69, 9.17) is 21.1 Å². The van der Waals surface area contributed by atoms with Crippen LogP contribution in [0.1, 0.15) is 36.2 Å². The lowest BCUT2D eigenvalue weighted by atomic mass is 9.92. The van der Waals surface area contributed by atoms with Crippen molar-refractivity contribution in [3.63, 3.8) is 0 Å². The summed E-state index contributed by atoms with van der Waals surface area (Å²) in [5.74, 6) is 0.782. The van der Waals surface area contributed by atoms with Crippen molar-refractivity contribution >= 4 is 28.6 Å². The SMILES string of the molecule is CCOC(=O)N1CCc2c([nH]c3ccc(Cl)cc23)C1c1ccc(OCCCn2cncn2)cc1. The zero-order valence-corrected chi connectivity index (χ0v) is 19.7. The van der Waals surface area contributed by atoms with Gasteiger partial charge in [-0.05, 0) is 54.8 Å². The number of hydrogen-bond acceptors (Lipinski definition) is 5. The van der Waals surface area contributed by atoms with E-state index in [0.29, 0.717) is 24.8 Å². The lowest BCUT2D eigenvalue weighted by molar-refractivity contribution is 0.0932. The molecule has 8 nitrogen and oxygen atoms in total. The van der Waals surface area contributed by atoms with Crippen LogP contribution in [0.4, 0.5) is 4.79 Å². The van der Waals surface area contributed by atoms with Gasteiger partial charge in [-0.1, -0.05) is 23.7 Å². The first-order valence-corrected chi connectivity index (χ1v) is 11.8. The molecule has 0 aliphatic carbocycles. The van der Waals surface area contributed by atoms with Gasteiger partial charge in [-0.2, -0.15) is 5.10 Å². The Balaban J connectivity index is 1.39. The molecular formula is C25H26ClN5O3. The number of aromatic nitrogens is 4. The van der Waals surface area contributed by atoms with Gasteiger partial charge in [0, 0.05) is 41.1 Å². The van der Waals surface area contributed by atoms with Crippen LogP contribution in [0.2, 0.25) is 5.02 Å². The van der Waals surface area contributed by atoms with Crippen LogP contribution in [0.3, 0.4) is 0 Å². The van der Waals surface area contributed by atoms with Crippen LogP contribution in [0.5, 0.6) is 5.75 Å². The minimum Gasteiger partial charge on any atom is -0.494 e. The molecule has 0 fully saturated rings. The van der Waals surface area contributed by atoms with Gasteiger partial charge < -0.3 is 14.5 Å². The second-order valence-electron chi connectivity index (χ2n) is 8.18. The molecule has 0 radical (unpaired) electrons. The van der Waals surface area contributed by atoms with Crippen molar-refractivity contribution in [2.75, 3.05) is 19.8 Å². The first-order chi connectivity index (χ1) is 16.6. The maximum Gasteiger partial charge on any atom is 0.410 e. The van der Waals surface area contributed by atoms with Gasteiger partial charge in [-0.25, -0.2) is 9.78 Å². The summed E-state index contributed by atoms with van der Waals surface area (Å²) in [5, 5.41) is 5.89. The van der Waals surface area contributed by atoms with Crippen molar-refractivity contribution in [2.45, 2.75) is 32.4 Å². The molecule has 1 aliphatic rings. The molecule has 0 spiro atoms. The van der Waals surface area contributed by atoms with E-state index in [2.05, 4.69) is 15.1 Å². The summed E-state index contributed by atoms with van der Waals surface area (Å²) in [6.07, 6.45) is 4.46. The Hall–Kier alpha value is -3.52. The van der Waals surface area contributed by atoms with Gasteiger partial charge in [0.1, 0.15) is 24.4 Å². The minimum atomic E-state index is -0.316. The molecule has 0 saturated heterocycles. The molecule has 2 aromatic carbocycles. The molecule has 34 heavy (non-hydrogen) atoms. The summed E-state index contributed by atoms with van der Waals surface area (Å²) in [6.45, 7) is 4.05. The number of H-pyrrole nitrogens is 1. The van der Waals surface area contributed by atoms with Crippen molar-refractivity contribution in [2.24, 2.45) is 0 Å². The molecule has 3 heterocycles. The average molecular weight is 480 g/mol. The molecule has 1 aliphatic heterocycles. The molecule has 0 saturated carbocycles. The normalized spacial score (nSPS) is 15.4. The number of aromatic amines is 1. The molecule has 1 amide bonds. The number of nitrogens with one attached hydrogen (secondary N) is 1. The molecule has 0 bridgehead atoms. The van der Waals surface area contributed by atoms with Crippen LogP contribution in [-0.2, 0) is 17.7 Å². The van der Waals surface area contributed by atoms with E-state index in [9.17, 15) is 4.79 Å². The highest BCUT2D eigenvalue weighted by Crippen LogP contribution is 2.39. The summed E-state index contributed by atoms with van der Waals surface area (Å²) < 4.78 is 13.1. The van der Waals surface area contributed by atoms with Crippen molar-refractivity contribution in [1.29, 1.82) is 0 Å². The standard InChI is InChI=1S/C25H26ClN5O3/c1-2-33-25(32)31-12-10-20-21-14-18(26)6-9-22(21)29-23(20)24(31)17-4-7-19(8-5-17)34-13-3-11-30-16-27-15-28-30/h4-9,14-16,24,29H,2-3,10-13H2,1H3. The summed E-state index contributed by atoms with van der Waals surface area (Å²) in [6, 6.07) is 13.5. The maximum atomic E-state index is 12.8. The zero-order chi connectivity index (χ0) is 23.5. The fourth-order valence-corrected chi connectivity index (χ4v) is 4.69. The third-order valence-electron chi connectivity index (χ3n) is 6.05. The third-order valence-corrected chi connectivity index (χ3v) is 6.29. The minimum absolute atomic E-state index is 0.282. The first-order valence-electron chi connectivity index (χ1n) is 11.4. The number of amides is 1. The fraction of sp³-hybridized carbons (Fsp3) is 0.320. The van der Waals surface area contributed by atoms with Gasteiger partial charge in [-0.15, -0.1) is 0 Å². The number of benzene rings is 2. The predicted molar refractivity (Wildman–Crippen MR) is 129 cm³/mol. The second kappa shape index (κ2) is 9.77. The van der Waals surface area contributed by atoms with Gasteiger partial charge in [-0.3, -0.25) is 9.58 Å². The smallest absolute Gasteiger partial charge is 0.410 e. The Morgan fingerprint density at radius 2 is 2.09 bits per heavy atom. The number of hydrogen-bond donors (Lipinski definition) is 1. The van der Waals surface area contributed by atoms with Crippen LogP contribution >= 0.6 is 11.6 Å². The van der Waals surface area contributed by atoms with E-state index in [-0.39, 0.29) is 12.1 Å². The molecule has 1 unspecified atom stereocenters. The molecule has 4 aromatic rings. The van der Waals surface area contributed by atoms with E-state index in [1.807, 2.05) is 49.4 Å². The number of fused-ring (bicyclic) bond motifs is 3. The van der Waals surface area contributed by atoms with Gasteiger partial charge in [0.25, 0.3) is 0 Å². The zero-order valence-electron chi connectivity index (χ0n) is 18.9. The van der Waals surface area contributed by atoms with E-state index >= 15 is 0 Å². The Kier molecular flexibility index (Phi) is 6.40. The summed E-state index contributed by atoms with van der Waals surface area (Å²) in [4.78, 5) is 22.1. The number of nitrogens with zero attached hydrogens (tertiary/aromatic N) is 4. The molecular weight excluding hydrogens is 454 g/mol. The van der Waals surface area contributed by atoms with Crippen molar-refractivity contribution in [1.82, 2.24) is 24.6 Å². The van der Waals surface area contributed by atoms with Gasteiger partial charge in [0.2, 0.25) is 0 Å². The largest absolute Gasteiger partial charge is 0.494 e. The summed E-state index contributed by atoms with van der Waals surface area (Å²) >= 11 is 6.27. The number of rotatable bonds is 7. The van der Waals surface area contributed by atoms with Crippen molar-refractivity contribution in [3.8, 4) is 5.75 Å². The topological polar surface area (TPSA) is 85.3 Å². The van der Waals surface area contributed by atoms with Crippen LogP contribution < -0.4 is 4.74 Å². The quantitative estimate of drug-likeness (QED) is 0.377. The summed E-state index contributed by atoms with van der Waals surface area (Å²) in [7, 11) is 0. The van der Waals surface area contributed by atoms with Crippen LogP contribution in [0.15, 0.2) is 55.1 Å². The number of aryl methyl sites for hydroxylation is 1. The molecule has 1 atom stereocenters. The Morgan fingerprint density at radius 3 is 2.85 bits per heavy atom. The number of ether oxygens (including phenoxy) is 2. The van der Waals surface area contributed by atoms with Gasteiger partial charge in [0.05, 0.1) is 13.2 Å².